The van der Waals surface area contributed by atoms with Gasteiger partial charge in [-0.05, 0) is 52.1 Å². The maximum absolute atomic E-state index is 12.2. The molecule has 0 bridgehead atoms. The first kappa shape index (κ1) is 17.4. The van der Waals surface area contributed by atoms with Crippen LogP contribution in [0.1, 0.15) is 47.0 Å². The molecule has 0 spiro atoms. The average Bonchev–Trinajstić information content (AvgIpc) is 2.43. The van der Waals surface area contributed by atoms with Gasteiger partial charge in [0, 0.05) is 31.7 Å². The second-order valence-electron chi connectivity index (χ2n) is 6.59. The third-order valence-corrected chi connectivity index (χ3v) is 4.25. The van der Waals surface area contributed by atoms with E-state index in [0.717, 1.165) is 19.6 Å². The number of likely N-dealkylation sites (tertiary alicyclic amines) is 1. The van der Waals surface area contributed by atoms with Crippen LogP contribution in [0.15, 0.2) is 0 Å². The minimum atomic E-state index is 0.0458. The molecule has 1 heterocycles. The first-order valence-electron chi connectivity index (χ1n) is 8.09. The van der Waals surface area contributed by atoms with Gasteiger partial charge in [-0.1, -0.05) is 13.8 Å². The van der Waals surface area contributed by atoms with Gasteiger partial charge in [0.05, 0.1) is 0 Å². The van der Waals surface area contributed by atoms with Crippen molar-refractivity contribution in [3.05, 3.63) is 0 Å². The van der Waals surface area contributed by atoms with E-state index < -0.39 is 0 Å². The summed E-state index contributed by atoms with van der Waals surface area (Å²) < 4.78 is 0. The van der Waals surface area contributed by atoms with E-state index in [1.165, 1.54) is 12.8 Å². The molecule has 0 aromatic carbocycles. The first-order chi connectivity index (χ1) is 9.45. The van der Waals surface area contributed by atoms with Crippen LogP contribution in [0, 0.1) is 11.8 Å². The second-order valence-corrected chi connectivity index (χ2v) is 6.59. The molecule has 1 rings (SSSR count). The van der Waals surface area contributed by atoms with Crippen molar-refractivity contribution in [1.29, 1.82) is 0 Å². The van der Waals surface area contributed by atoms with Crippen LogP contribution < -0.4 is 0 Å². The highest BCUT2D eigenvalue weighted by atomic mass is 16.3. The molecule has 0 saturated carbocycles. The predicted octanol–water partition coefficient (Wildman–Crippen LogP) is 1.97. The summed E-state index contributed by atoms with van der Waals surface area (Å²) >= 11 is 0. The van der Waals surface area contributed by atoms with E-state index in [1.807, 2.05) is 18.7 Å². The maximum atomic E-state index is 12.2. The lowest BCUT2D eigenvalue weighted by atomic mass is 9.95. The molecule has 0 atom stereocenters. The number of carbonyl (C=O) groups excluding carboxylic acids is 1. The summed E-state index contributed by atoms with van der Waals surface area (Å²) in [5, 5.41) is 8.99. The molecule has 1 saturated heterocycles. The number of aliphatic hydroxyl groups is 1. The summed E-state index contributed by atoms with van der Waals surface area (Å²) in [6.45, 7) is 12.4. The Labute approximate surface area is 124 Å². The molecule has 0 aromatic heterocycles. The lowest BCUT2D eigenvalue weighted by Crippen LogP contribution is -2.44. The number of nitrogens with zero attached hydrogens (tertiary/aromatic N) is 2. The summed E-state index contributed by atoms with van der Waals surface area (Å²) in [6.07, 6.45) is 3.04. The predicted molar refractivity (Wildman–Crippen MR) is 82.6 cm³/mol. The van der Waals surface area contributed by atoms with Crippen molar-refractivity contribution in [1.82, 2.24) is 9.80 Å². The summed E-state index contributed by atoms with van der Waals surface area (Å²) in [6, 6.07) is 0.624. The Kier molecular flexibility index (Phi) is 7.52. The van der Waals surface area contributed by atoms with Crippen molar-refractivity contribution in [3.63, 3.8) is 0 Å². The monoisotopic (exact) mass is 284 g/mol. The number of aliphatic hydroxyl groups excluding tert-OH is 1. The van der Waals surface area contributed by atoms with Crippen LogP contribution in [0.25, 0.3) is 0 Å². The van der Waals surface area contributed by atoms with Crippen molar-refractivity contribution in [2.45, 2.75) is 53.0 Å². The SMILES string of the molecule is CC(C)C(=O)N(CCCO)CC1CCN(C(C)C)CC1. The summed E-state index contributed by atoms with van der Waals surface area (Å²) in [7, 11) is 0. The fourth-order valence-electron chi connectivity index (χ4n) is 2.88. The second kappa shape index (κ2) is 8.63. The van der Waals surface area contributed by atoms with E-state index >= 15 is 0 Å². The van der Waals surface area contributed by atoms with Crippen LogP contribution in [0.3, 0.4) is 0 Å². The van der Waals surface area contributed by atoms with Crippen LogP contribution >= 0.6 is 0 Å². The molecule has 4 nitrogen and oxygen atoms in total. The Morgan fingerprint density at radius 3 is 2.30 bits per heavy atom. The van der Waals surface area contributed by atoms with Crippen molar-refractivity contribution < 1.29 is 9.90 Å². The third-order valence-electron chi connectivity index (χ3n) is 4.25. The van der Waals surface area contributed by atoms with Gasteiger partial charge in [0.1, 0.15) is 0 Å². The zero-order valence-corrected chi connectivity index (χ0v) is 13.6. The zero-order valence-electron chi connectivity index (χ0n) is 13.6. The molecule has 20 heavy (non-hydrogen) atoms. The largest absolute Gasteiger partial charge is 0.396 e. The average molecular weight is 284 g/mol. The van der Waals surface area contributed by atoms with Gasteiger partial charge in [-0.25, -0.2) is 0 Å². The fraction of sp³-hybridized carbons (Fsp3) is 0.938. The fourth-order valence-corrected chi connectivity index (χ4v) is 2.88. The van der Waals surface area contributed by atoms with Crippen molar-refractivity contribution in [2.24, 2.45) is 11.8 Å². The highest BCUT2D eigenvalue weighted by Gasteiger charge is 2.25. The van der Waals surface area contributed by atoms with E-state index in [-0.39, 0.29) is 18.4 Å². The van der Waals surface area contributed by atoms with Gasteiger partial charge in [-0.3, -0.25) is 4.79 Å². The van der Waals surface area contributed by atoms with Crippen LogP contribution in [0.2, 0.25) is 0 Å². The van der Waals surface area contributed by atoms with Crippen LogP contribution in [-0.2, 0) is 4.79 Å². The van der Waals surface area contributed by atoms with Gasteiger partial charge >= 0.3 is 0 Å². The Bertz CT molecular complexity index is 284. The smallest absolute Gasteiger partial charge is 0.225 e. The Hall–Kier alpha value is -0.610. The quantitative estimate of drug-likeness (QED) is 0.777. The number of carbonyl (C=O) groups is 1. The van der Waals surface area contributed by atoms with E-state index in [4.69, 9.17) is 5.11 Å². The third kappa shape index (κ3) is 5.41. The normalized spacial score (nSPS) is 17.9. The molecule has 1 aliphatic rings. The van der Waals surface area contributed by atoms with Crippen LogP contribution in [-0.4, -0.2) is 59.6 Å². The standard InChI is InChI=1S/C16H32N2O2/c1-13(2)16(20)18(8-5-11-19)12-15-6-9-17(10-7-15)14(3)4/h13-15,19H,5-12H2,1-4H3. The molecular weight excluding hydrogens is 252 g/mol. The van der Waals surface area contributed by atoms with E-state index in [0.29, 0.717) is 24.9 Å². The molecular formula is C16H32N2O2. The molecule has 118 valence electrons. The lowest BCUT2D eigenvalue weighted by Gasteiger charge is -2.37. The molecule has 0 aliphatic carbocycles. The maximum Gasteiger partial charge on any atom is 0.225 e. The van der Waals surface area contributed by atoms with Gasteiger partial charge in [0.15, 0.2) is 0 Å². The molecule has 0 aromatic rings. The van der Waals surface area contributed by atoms with E-state index in [2.05, 4.69) is 18.7 Å². The number of amides is 1. The zero-order chi connectivity index (χ0) is 15.1. The number of hydrogen-bond donors (Lipinski definition) is 1. The van der Waals surface area contributed by atoms with Gasteiger partial charge in [0.2, 0.25) is 5.91 Å². The number of rotatable bonds is 7. The van der Waals surface area contributed by atoms with Gasteiger partial charge in [-0.15, -0.1) is 0 Å². The number of piperidine rings is 1. The van der Waals surface area contributed by atoms with Crippen molar-refractivity contribution in [3.8, 4) is 0 Å². The Balaban J connectivity index is 2.47. The molecule has 1 N–H and O–H groups in total. The highest BCUT2D eigenvalue weighted by Crippen LogP contribution is 2.20. The molecule has 1 aliphatic heterocycles. The van der Waals surface area contributed by atoms with Crippen molar-refractivity contribution in [2.75, 3.05) is 32.8 Å². The molecule has 0 unspecified atom stereocenters. The summed E-state index contributed by atoms with van der Waals surface area (Å²) in [5.74, 6) is 0.889. The van der Waals surface area contributed by atoms with Crippen LogP contribution in [0.4, 0.5) is 0 Å². The van der Waals surface area contributed by atoms with Crippen molar-refractivity contribution >= 4 is 5.91 Å². The first-order valence-corrected chi connectivity index (χ1v) is 8.09. The lowest BCUT2D eigenvalue weighted by molar-refractivity contribution is -0.135. The highest BCUT2D eigenvalue weighted by molar-refractivity contribution is 5.78. The number of hydrogen-bond acceptors (Lipinski definition) is 3. The molecule has 1 fully saturated rings. The molecule has 1 amide bonds. The minimum absolute atomic E-state index is 0.0458. The topological polar surface area (TPSA) is 43.8 Å². The van der Waals surface area contributed by atoms with Gasteiger partial charge < -0.3 is 14.9 Å². The Morgan fingerprint density at radius 1 is 1.25 bits per heavy atom. The summed E-state index contributed by atoms with van der Waals surface area (Å²) in [4.78, 5) is 16.7. The summed E-state index contributed by atoms with van der Waals surface area (Å²) in [5.41, 5.74) is 0. The van der Waals surface area contributed by atoms with Gasteiger partial charge in [-0.2, -0.15) is 0 Å². The van der Waals surface area contributed by atoms with Gasteiger partial charge in [0.25, 0.3) is 0 Å². The molecule has 0 radical (unpaired) electrons. The molecule has 4 heteroatoms. The van der Waals surface area contributed by atoms with E-state index in [1.54, 1.807) is 0 Å². The minimum Gasteiger partial charge on any atom is -0.396 e. The van der Waals surface area contributed by atoms with E-state index in [9.17, 15) is 4.79 Å². The van der Waals surface area contributed by atoms with Crippen LogP contribution in [0.5, 0.6) is 0 Å². The Morgan fingerprint density at radius 2 is 1.85 bits per heavy atom.